The minimum absolute atomic E-state index is 0.211. The lowest BCUT2D eigenvalue weighted by molar-refractivity contribution is -0.128. The monoisotopic (exact) mass is 376 g/mol. The van der Waals surface area contributed by atoms with E-state index in [0.717, 1.165) is 11.1 Å². The molecule has 2 amide bonds. The lowest BCUT2D eigenvalue weighted by Crippen LogP contribution is -2.47. The van der Waals surface area contributed by atoms with Gasteiger partial charge in [0.05, 0.1) is 12.7 Å². The molecule has 0 spiro atoms. The van der Waals surface area contributed by atoms with Gasteiger partial charge >= 0.3 is 0 Å². The van der Waals surface area contributed by atoms with Crippen LogP contribution in [-0.2, 0) is 4.79 Å². The molecule has 0 aromatic heterocycles. The summed E-state index contributed by atoms with van der Waals surface area (Å²) in [6, 6.07) is 10.3. The molecule has 2 aromatic rings. The standard InChI is InChI=1S/C19H21ClN2O4/c1-11-6-5-7-16(12(11)2)26-13(3)18(23)21-22-19(24)15-10-14(20)8-9-17(15)25-4/h5-10,13H,1-4H3,(H,21,23)(H,22,24). The van der Waals surface area contributed by atoms with Crippen LogP contribution in [0, 0.1) is 13.8 Å². The lowest BCUT2D eigenvalue weighted by atomic mass is 10.1. The largest absolute Gasteiger partial charge is 0.496 e. The highest BCUT2D eigenvalue weighted by atomic mass is 35.5. The summed E-state index contributed by atoms with van der Waals surface area (Å²) in [6.07, 6.45) is -0.794. The van der Waals surface area contributed by atoms with Crippen molar-refractivity contribution in [2.45, 2.75) is 26.9 Å². The molecule has 0 fully saturated rings. The number of carbonyl (C=O) groups is 2. The highest BCUT2D eigenvalue weighted by Crippen LogP contribution is 2.23. The molecule has 7 heteroatoms. The first-order chi connectivity index (χ1) is 12.3. The first kappa shape index (κ1) is 19.6. The van der Waals surface area contributed by atoms with E-state index in [2.05, 4.69) is 10.9 Å². The fourth-order valence-electron chi connectivity index (χ4n) is 2.24. The third-order valence-corrected chi connectivity index (χ3v) is 4.17. The second kappa shape index (κ2) is 8.58. The summed E-state index contributed by atoms with van der Waals surface area (Å²) >= 11 is 5.91. The van der Waals surface area contributed by atoms with Crippen LogP contribution in [0.25, 0.3) is 0 Å². The van der Waals surface area contributed by atoms with Gasteiger partial charge in [0.2, 0.25) is 0 Å². The summed E-state index contributed by atoms with van der Waals surface area (Å²) in [5, 5.41) is 0.383. The van der Waals surface area contributed by atoms with E-state index < -0.39 is 17.9 Å². The van der Waals surface area contributed by atoms with E-state index in [9.17, 15) is 9.59 Å². The number of aryl methyl sites for hydroxylation is 1. The molecule has 2 N–H and O–H groups in total. The topological polar surface area (TPSA) is 76.7 Å². The number of carbonyl (C=O) groups excluding carboxylic acids is 2. The van der Waals surface area contributed by atoms with Crippen LogP contribution in [0.4, 0.5) is 0 Å². The van der Waals surface area contributed by atoms with Crippen molar-refractivity contribution < 1.29 is 19.1 Å². The van der Waals surface area contributed by atoms with Gasteiger partial charge in [0.15, 0.2) is 6.10 Å². The molecule has 0 aliphatic rings. The number of halogens is 1. The Morgan fingerprint density at radius 2 is 1.81 bits per heavy atom. The normalized spacial score (nSPS) is 11.4. The summed E-state index contributed by atoms with van der Waals surface area (Å²) in [6.45, 7) is 5.48. The number of methoxy groups -OCH3 is 1. The first-order valence-electron chi connectivity index (χ1n) is 8.00. The average Bonchev–Trinajstić information content (AvgIpc) is 2.63. The van der Waals surface area contributed by atoms with Crippen LogP contribution in [0.15, 0.2) is 36.4 Å². The molecule has 2 aromatic carbocycles. The number of hydrogen-bond acceptors (Lipinski definition) is 4. The van der Waals surface area contributed by atoms with Crippen molar-refractivity contribution in [3.05, 3.63) is 58.1 Å². The Morgan fingerprint density at radius 1 is 1.08 bits per heavy atom. The second-order valence-corrected chi connectivity index (χ2v) is 6.18. The van der Waals surface area contributed by atoms with Crippen LogP contribution in [0.1, 0.15) is 28.4 Å². The van der Waals surface area contributed by atoms with E-state index in [4.69, 9.17) is 21.1 Å². The van der Waals surface area contributed by atoms with Crippen molar-refractivity contribution >= 4 is 23.4 Å². The fraction of sp³-hybridized carbons (Fsp3) is 0.263. The molecule has 0 saturated heterocycles. The molecule has 0 radical (unpaired) electrons. The zero-order valence-corrected chi connectivity index (χ0v) is 15.8. The van der Waals surface area contributed by atoms with E-state index in [-0.39, 0.29) is 5.56 Å². The Bertz CT molecular complexity index is 823. The average molecular weight is 377 g/mol. The molecule has 1 atom stereocenters. The van der Waals surface area contributed by atoms with Gasteiger partial charge in [-0.15, -0.1) is 0 Å². The van der Waals surface area contributed by atoms with Gasteiger partial charge in [-0.2, -0.15) is 0 Å². The zero-order chi connectivity index (χ0) is 19.3. The molecule has 0 saturated carbocycles. The molecule has 0 bridgehead atoms. The van der Waals surface area contributed by atoms with E-state index in [1.807, 2.05) is 26.0 Å². The number of rotatable bonds is 5. The number of hydrazine groups is 1. The Labute approximate surface area is 157 Å². The quantitative estimate of drug-likeness (QED) is 0.786. The van der Waals surface area contributed by atoms with Crippen LogP contribution in [0.3, 0.4) is 0 Å². The molecular weight excluding hydrogens is 356 g/mol. The summed E-state index contributed by atoms with van der Waals surface area (Å²) < 4.78 is 10.8. The van der Waals surface area contributed by atoms with Crippen molar-refractivity contribution in [1.29, 1.82) is 0 Å². The second-order valence-electron chi connectivity index (χ2n) is 5.75. The smallest absolute Gasteiger partial charge is 0.279 e. The van der Waals surface area contributed by atoms with E-state index >= 15 is 0 Å². The maximum Gasteiger partial charge on any atom is 0.279 e. The van der Waals surface area contributed by atoms with Crippen molar-refractivity contribution in [1.82, 2.24) is 10.9 Å². The molecular formula is C19H21ClN2O4. The third kappa shape index (κ3) is 4.67. The summed E-state index contributed by atoms with van der Waals surface area (Å²) in [5.41, 5.74) is 6.92. The number of benzene rings is 2. The van der Waals surface area contributed by atoms with Gasteiger partial charge in [-0.05, 0) is 56.2 Å². The number of ether oxygens (including phenoxy) is 2. The molecule has 0 aliphatic heterocycles. The van der Waals surface area contributed by atoms with Crippen molar-refractivity contribution in [2.75, 3.05) is 7.11 Å². The minimum Gasteiger partial charge on any atom is -0.496 e. The van der Waals surface area contributed by atoms with Gasteiger partial charge in [-0.3, -0.25) is 20.4 Å². The van der Waals surface area contributed by atoms with Crippen molar-refractivity contribution in [2.24, 2.45) is 0 Å². The molecule has 1 unspecified atom stereocenters. The van der Waals surface area contributed by atoms with Crippen LogP contribution in [0.5, 0.6) is 11.5 Å². The number of hydrogen-bond donors (Lipinski definition) is 2. The fourth-order valence-corrected chi connectivity index (χ4v) is 2.41. The van der Waals surface area contributed by atoms with Gasteiger partial charge in [0.25, 0.3) is 11.8 Å². The van der Waals surface area contributed by atoms with Crippen molar-refractivity contribution in [3.63, 3.8) is 0 Å². The van der Waals surface area contributed by atoms with Crippen LogP contribution >= 0.6 is 11.6 Å². The van der Waals surface area contributed by atoms with Crippen LogP contribution < -0.4 is 20.3 Å². The maximum atomic E-state index is 12.3. The Kier molecular flexibility index (Phi) is 6.46. The highest BCUT2D eigenvalue weighted by Gasteiger charge is 2.18. The number of nitrogens with one attached hydrogen (secondary N) is 2. The SMILES string of the molecule is COc1ccc(Cl)cc1C(=O)NNC(=O)C(C)Oc1cccc(C)c1C. The van der Waals surface area contributed by atoms with E-state index in [1.54, 1.807) is 25.1 Å². The van der Waals surface area contributed by atoms with Crippen LogP contribution in [0.2, 0.25) is 5.02 Å². The molecule has 138 valence electrons. The molecule has 0 aliphatic carbocycles. The predicted octanol–water partition coefficient (Wildman–Crippen LogP) is 3.19. The van der Waals surface area contributed by atoms with Gasteiger partial charge in [0, 0.05) is 5.02 Å². The summed E-state index contributed by atoms with van der Waals surface area (Å²) in [7, 11) is 1.44. The zero-order valence-electron chi connectivity index (χ0n) is 15.1. The van der Waals surface area contributed by atoms with E-state index in [1.165, 1.54) is 13.2 Å². The first-order valence-corrected chi connectivity index (χ1v) is 8.38. The van der Waals surface area contributed by atoms with E-state index in [0.29, 0.717) is 16.5 Å². The maximum absolute atomic E-state index is 12.3. The number of amides is 2. The minimum atomic E-state index is -0.794. The molecule has 26 heavy (non-hydrogen) atoms. The Morgan fingerprint density at radius 3 is 2.50 bits per heavy atom. The van der Waals surface area contributed by atoms with Crippen molar-refractivity contribution in [3.8, 4) is 11.5 Å². The van der Waals surface area contributed by atoms with Gasteiger partial charge in [0.1, 0.15) is 11.5 Å². The lowest BCUT2D eigenvalue weighted by Gasteiger charge is -2.17. The Hall–Kier alpha value is -2.73. The predicted molar refractivity (Wildman–Crippen MR) is 99.6 cm³/mol. The van der Waals surface area contributed by atoms with Gasteiger partial charge < -0.3 is 9.47 Å². The molecule has 0 heterocycles. The Balaban J connectivity index is 1.98. The molecule has 6 nitrogen and oxygen atoms in total. The third-order valence-electron chi connectivity index (χ3n) is 3.93. The summed E-state index contributed by atoms with van der Waals surface area (Å²) in [5.74, 6) is -0.0618. The molecule has 2 rings (SSSR count). The highest BCUT2D eigenvalue weighted by molar-refractivity contribution is 6.31. The van der Waals surface area contributed by atoms with Gasteiger partial charge in [-0.1, -0.05) is 23.7 Å². The summed E-state index contributed by atoms with van der Waals surface area (Å²) in [4.78, 5) is 24.4. The van der Waals surface area contributed by atoms with Crippen LogP contribution in [-0.4, -0.2) is 25.0 Å². The van der Waals surface area contributed by atoms with Gasteiger partial charge in [-0.25, -0.2) is 0 Å².